The van der Waals surface area contributed by atoms with E-state index in [0.717, 1.165) is 18.2 Å². The first kappa shape index (κ1) is 24.4. The van der Waals surface area contributed by atoms with Crippen molar-refractivity contribution in [1.82, 2.24) is 5.32 Å². The Balaban J connectivity index is 1.81. The van der Waals surface area contributed by atoms with E-state index in [2.05, 4.69) is 5.32 Å². The lowest BCUT2D eigenvalue weighted by Gasteiger charge is -2.39. The van der Waals surface area contributed by atoms with Crippen LogP contribution in [-0.4, -0.2) is 30.7 Å². The molecule has 9 heteroatoms. The molecule has 1 saturated carbocycles. The molecule has 1 fully saturated rings. The summed E-state index contributed by atoms with van der Waals surface area (Å²) in [6.07, 6.45) is -5.07. The minimum atomic E-state index is -4.46. The van der Waals surface area contributed by atoms with Crippen LogP contribution in [0.5, 0.6) is 0 Å². The summed E-state index contributed by atoms with van der Waals surface area (Å²) >= 11 is 12.2. The summed E-state index contributed by atoms with van der Waals surface area (Å²) in [6, 6.07) is 12.3. The third-order valence-corrected chi connectivity index (χ3v) is 6.36. The highest BCUT2D eigenvalue weighted by Gasteiger charge is 2.52. The summed E-state index contributed by atoms with van der Waals surface area (Å²) in [5, 5.41) is 3.46. The predicted octanol–water partition coefficient (Wildman–Crippen LogP) is 5.98. The number of esters is 1. The van der Waals surface area contributed by atoms with E-state index < -0.39 is 35.9 Å². The van der Waals surface area contributed by atoms with Gasteiger partial charge in [0.15, 0.2) is 0 Å². The van der Waals surface area contributed by atoms with Crippen molar-refractivity contribution in [3.63, 3.8) is 0 Å². The van der Waals surface area contributed by atoms with E-state index in [4.69, 9.17) is 27.9 Å². The zero-order valence-electron chi connectivity index (χ0n) is 17.3. The molecule has 2 aromatic carbocycles. The Labute approximate surface area is 194 Å². The van der Waals surface area contributed by atoms with Gasteiger partial charge in [-0.05, 0) is 66.6 Å². The van der Waals surface area contributed by atoms with Gasteiger partial charge in [-0.15, -0.1) is 0 Å². The van der Waals surface area contributed by atoms with E-state index in [1.807, 2.05) is 12.1 Å². The van der Waals surface area contributed by atoms with Crippen LogP contribution in [0, 0.1) is 5.92 Å². The van der Waals surface area contributed by atoms with E-state index in [-0.39, 0.29) is 25.7 Å². The molecule has 1 amide bonds. The molecule has 32 heavy (non-hydrogen) atoms. The highest BCUT2D eigenvalue weighted by Crippen LogP contribution is 2.42. The molecule has 2 atom stereocenters. The van der Waals surface area contributed by atoms with Gasteiger partial charge in [0.2, 0.25) is 5.91 Å². The molecule has 0 aliphatic heterocycles. The van der Waals surface area contributed by atoms with Gasteiger partial charge in [-0.1, -0.05) is 41.4 Å². The number of ether oxygens (including phenoxy) is 1. The van der Waals surface area contributed by atoms with Crippen LogP contribution in [0.2, 0.25) is 10.0 Å². The number of amides is 1. The fourth-order valence-electron chi connectivity index (χ4n) is 4.12. The van der Waals surface area contributed by atoms with Crippen molar-refractivity contribution in [2.24, 2.45) is 5.92 Å². The highest BCUT2D eigenvalue weighted by atomic mass is 35.5. The smallest absolute Gasteiger partial charge is 0.391 e. The molecular weight excluding hydrogens is 466 g/mol. The summed E-state index contributed by atoms with van der Waals surface area (Å²) in [4.78, 5) is 25.3. The molecule has 0 spiro atoms. The van der Waals surface area contributed by atoms with Crippen molar-refractivity contribution < 1.29 is 27.5 Å². The van der Waals surface area contributed by atoms with Gasteiger partial charge in [-0.2, -0.15) is 13.2 Å². The molecule has 1 aliphatic carbocycles. The van der Waals surface area contributed by atoms with Gasteiger partial charge in [0, 0.05) is 10.0 Å². The maximum Gasteiger partial charge on any atom is 0.391 e. The average Bonchev–Trinajstić information content (AvgIpc) is 2.74. The Morgan fingerprint density at radius 3 is 2.41 bits per heavy atom. The quantitative estimate of drug-likeness (QED) is 0.527. The lowest BCUT2D eigenvalue weighted by Crippen LogP contribution is -2.59. The van der Waals surface area contributed by atoms with Gasteiger partial charge < -0.3 is 10.1 Å². The van der Waals surface area contributed by atoms with Crippen LogP contribution in [0.4, 0.5) is 13.2 Å². The van der Waals surface area contributed by atoms with Crippen molar-refractivity contribution >= 4 is 35.1 Å². The van der Waals surface area contributed by atoms with Crippen LogP contribution in [0.3, 0.4) is 0 Å². The first-order chi connectivity index (χ1) is 15.0. The molecule has 0 aromatic heterocycles. The molecule has 0 saturated heterocycles. The number of methoxy groups -OCH3 is 1. The van der Waals surface area contributed by atoms with E-state index in [0.29, 0.717) is 15.6 Å². The molecule has 4 nitrogen and oxygen atoms in total. The van der Waals surface area contributed by atoms with Crippen molar-refractivity contribution in [3.8, 4) is 11.1 Å². The van der Waals surface area contributed by atoms with E-state index in [1.54, 1.807) is 30.3 Å². The monoisotopic (exact) mass is 487 g/mol. The third kappa shape index (κ3) is 5.56. The number of carbonyl (C=O) groups excluding carboxylic acids is 2. The van der Waals surface area contributed by atoms with Gasteiger partial charge in [0.05, 0.1) is 19.4 Å². The fourth-order valence-corrected chi connectivity index (χ4v) is 4.43. The maximum atomic E-state index is 13.3. The lowest BCUT2D eigenvalue weighted by atomic mass is 9.75. The van der Waals surface area contributed by atoms with Crippen molar-refractivity contribution in [3.05, 3.63) is 58.1 Å². The second-order valence-electron chi connectivity index (χ2n) is 7.95. The summed E-state index contributed by atoms with van der Waals surface area (Å²) in [7, 11) is 1.10. The number of halogens is 5. The predicted molar refractivity (Wildman–Crippen MR) is 117 cm³/mol. The van der Waals surface area contributed by atoms with Crippen LogP contribution in [0.15, 0.2) is 42.5 Å². The second-order valence-corrected chi connectivity index (χ2v) is 8.79. The number of rotatable bonds is 5. The Morgan fingerprint density at radius 1 is 1.12 bits per heavy atom. The molecule has 0 bridgehead atoms. The second kappa shape index (κ2) is 9.71. The number of alkyl halides is 3. The molecule has 2 aromatic rings. The number of carbonyl (C=O) groups is 2. The van der Waals surface area contributed by atoms with Crippen LogP contribution in [-0.2, 0) is 20.7 Å². The summed E-state index contributed by atoms with van der Waals surface area (Å²) in [5.41, 5.74) is 0.426. The van der Waals surface area contributed by atoms with Gasteiger partial charge >= 0.3 is 12.1 Å². The Morgan fingerprint density at radius 2 is 1.78 bits per heavy atom. The standard InChI is InChI=1S/C23H22Cl2F3NO3/c1-32-21(31)22(10-2-3-17(13-22)23(26,27)28)29-20(30)12-16-11-15(6-9-19(16)25)14-4-7-18(24)8-5-14/h4-9,11,17H,2-3,10,12-13H2,1H3,(H,29,30)/t17-,22-/m0/s1. The van der Waals surface area contributed by atoms with Crippen LogP contribution >= 0.6 is 23.2 Å². The SMILES string of the molecule is COC(=O)[C@]1(NC(=O)Cc2cc(-c3ccc(Cl)cc3)ccc2Cl)CCC[C@H](C(F)(F)F)C1. The molecule has 3 rings (SSSR count). The minimum absolute atomic E-state index is 0.0799. The van der Waals surface area contributed by atoms with Crippen LogP contribution in [0.1, 0.15) is 31.2 Å². The minimum Gasteiger partial charge on any atom is -0.467 e. The van der Waals surface area contributed by atoms with Crippen LogP contribution < -0.4 is 5.32 Å². The molecule has 0 unspecified atom stereocenters. The number of benzene rings is 2. The highest BCUT2D eigenvalue weighted by molar-refractivity contribution is 6.31. The Kier molecular flexibility index (Phi) is 7.40. The summed E-state index contributed by atoms with van der Waals surface area (Å²) < 4.78 is 44.7. The normalized spacial score (nSPS) is 21.1. The first-order valence-corrected chi connectivity index (χ1v) is 10.8. The van der Waals surface area contributed by atoms with Crippen molar-refractivity contribution in [1.29, 1.82) is 0 Å². The van der Waals surface area contributed by atoms with Gasteiger partial charge in [-0.25, -0.2) is 4.79 Å². The zero-order chi connectivity index (χ0) is 23.5. The van der Waals surface area contributed by atoms with E-state index in [1.165, 1.54) is 0 Å². The van der Waals surface area contributed by atoms with Gasteiger partial charge in [0.25, 0.3) is 0 Å². The summed E-state index contributed by atoms with van der Waals surface area (Å²) in [5.74, 6) is -3.17. The topological polar surface area (TPSA) is 55.4 Å². The Bertz CT molecular complexity index is 995. The number of nitrogens with one attached hydrogen (secondary N) is 1. The van der Waals surface area contributed by atoms with E-state index >= 15 is 0 Å². The molecule has 0 radical (unpaired) electrons. The Hall–Kier alpha value is -2.25. The molecule has 172 valence electrons. The number of hydrogen-bond acceptors (Lipinski definition) is 3. The molecule has 0 heterocycles. The summed E-state index contributed by atoms with van der Waals surface area (Å²) in [6.45, 7) is 0. The first-order valence-electron chi connectivity index (χ1n) is 10.0. The largest absolute Gasteiger partial charge is 0.467 e. The fraction of sp³-hybridized carbons (Fsp3) is 0.391. The van der Waals surface area contributed by atoms with Gasteiger partial charge in [0.1, 0.15) is 5.54 Å². The van der Waals surface area contributed by atoms with Crippen molar-refractivity contribution in [2.45, 2.75) is 43.8 Å². The lowest BCUT2D eigenvalue weighted by molar-refractivity contribution is -0.192. The average molecular weight is 488 g/mol. The molecule has 1 aliphatic rings. The molecular formula is C23H22Cl2F3NO3. The maximum absolute atomic E-state index is 13.3. The third-order valence-electron chi connectivity index (χ3n) is 5.74. The van der Waals surface area contributed by atoms with Gasteiger partial charge in [-0.3, -0.25) is 4.79 Å². The van der Waals surface area contributed by atoms with Crippen LogP contribution in [0.25, 0.3) is 11.1 Å². The zero-order valence-corrected chi connectivity index (χ0v) is 18.8. The van der Waals surface area contributed by atoms with E-state index in [9.17, 15) is 22.8 Å². The molecule has 1 N–H and O–H groups in total. The van der Waals surface area contributed by atoms with Crippen molar-refractivity contribution in [2.75, 3.05) is 7.11 Å². The number of hydrogen-bond donors (Lipinski definition) is 1.